The van der Waals surface area contributed by atoms with Gasteiger partial charge in [-0.2, -0.15) is 0 Å². The Bertz CT molecular complexity index is 797. The van der Waals surface area contributed by atoms with Gasteiger partial charge in [-0.1, -0.05) is 25.5 Å². The lowest BCUT2D eigenvalue weighted by molar-refractivity contribution is -0.394. The molecule has 0 amide bonds. The highest BCUT2D eigenvalue weighted by atomic mass is 16.6. The molecule has 0 aromatic heterocycles. The molecule has 0 radical (unpaired) electrons. The molecule has 0 N–H and O–H groups in total. The number of ether oxygens (including phenoxy) is 1. The molecule has 0 aliphatic heterocycles. The SMILES string of the molecule is CC1=C[C@@H]2[C@@H](C[C@@H]1COC(=O)c1cc([N+](=O)[O-])cc([N+](=O)[O-])c1)C2(C)C. The molecule has 26 heavy (non-hydrogen) atoms. The zero-order valence-electron chi connectivity index (χ0n) is 14.8. The number of benzene rings is 1. The molecule has 8 heteroatoms. The van der Waals surface area contributed by atoms with Gasteiger partial charge in [-0.05, 0) is 30.6 Å². The summed E-state index contributed by atoms with van der Waals surface area (Å²) in [6.45, 7) is 6.63. The molecule has 0 saturated heterocycles. The third-order valence-electron chi connectivity index (χ3n) is 5.74. The van der Waals surface area contributed by atoms with Crippen LogP contribution in [0.5, 0.6) is 0 Å². The summed E-state index contributed by atoms with van der Waals surface area (Å²) in [6.07, 6.45) is 3.17. The fraction of sp³-hybridized carbons (Fsp3) is 0.500. The molecule has 1 aromatic rings. The molecule has 2 aliphatic carbocycles. The van der Waals surface area contributed by atoms with Gasteiger partial charge in [0, 0.05) is 18.1 Å². The Morgan fingerprint density at radius 1 is 1.19 bits per heavy atom. The van der Waals surface area contributed by atoms with Crippen molar-refractivity contribution >= 4 is 17.3 Å². The third kappa shape index (κ3) is 3.18. The Labute approximate surface area is 150 Å². The lowest BCUT2D eigenvalue weighted by Crippen LogP contribution is -2.18. The molecule has 1 fully saturated rings. The van der Waals surface area contributed by atoms with Gasteiger partial charge in [0.2, 0.25) is 0 Å². The number of carbonyl (C=O) groups excluding carboxylic acids is 1. The number of allylic oxidation sites excluding steroid dienone is 1. The first kappa shape index (κ1) is 18.0. The van der Waals surface area contributed by atoms with E-state index in [1.165, 1.54) is 5.57 Å². The summed E-state index contributed by atoms with van der Waals surface area (Å²) in [7, 11) is 0. The fourth-order valence-corrected chi connectivity index (χ4v) is 3.86. The molecular weight excluding hydrogens is 340 g/mol. The number of nitro benzene ring substituents is 2. The number of rotatable bonds is 5. The van der Waals surface area contributed by atoms with E-state index in [0.29, 0.717) is 11.8 Å². The summed E-state index contributed by atoms with van der Waals surface area (Å²) in [5.41, 5.74) is 0.244. The van der Waals surface area contributed by atoms with E-state index in [-0.39, 0.29) is 23.5 Å². The smallest absolute Gasteiger partial charge is 0.338 e. The van der Waals surface area contributed by atoms with Gasteiger partial charge in [-0.3, -0.25) is 20.2 Å². The monoisotopic (exact) mass is 360 g/mol. The van der Waals surface area contributed by atoms with Crippen LogP contribution >= 0.6 is 0 Å². The van der Waals surface area contributed by atoms with Crippen molar-refractivity contribution in [1.82, 2.24) is 0 Å². The van der Waals surface area contributed by atoms with Crippen molar-refractivity contribution < 1.29 is 19.4 Å². The van der Waals surface area contributed by atoms with Crippen molar-refractivity contribution in [3.05, 3.63) is 55.6 Å². The van der Waals surface area contributed by atoms with Crippen molar-refractivity contribution in [2.75, 3.05) is 6.61 Å². The number of fused-ring (bicyclic) bond motifs is 1. The van der Waals surface area contributed by atoms with Gasteiger partial charge in [-0.15, -0.1) is 0 Å². The highest BCUT2D eigenvalue weighted by Crippen LogP contribution is 2.64. The number of nitro groups is 2. The zero-order valence-corrected chi connectivity index (χ0v) is 14.8. The van der Waals surface area contributed by atoms with Crippen LogP contribution in [-0.4, -0.2) is 22.4 Å². The van der Waals surface area contributed by atoms with E-state index >= 15 is 0 Å². The Morgan fingerprint density at radius 3 is 2.31 bits per heavy atom. The summed E-state index contributed by atoms with van der Waals surface area (Å²) < 4.78 is 5.32. The fourth-order valence-electron chi connectivity index (χ4n) is 3.86. The van der Waals surface area contributed by atoms with Gasteiger partial charge in [0.15, 0.2) is 0 Å². The number of non-ortho nitro benzene ring substituents is 2. The maximum atomic E-state index is 12.3. The maximum Gasteiger partial charge on any atom is 0.338 e. The molecule has 0 spiro atoms. The molecule has 0 heterocycles. The average molecular weight is 360 g/mol. The predicted octanol–water partition coefficient (Wildman–Crippen LogP) is 3.90. The third-order valence-corrected chi connectivity index (χ3v) is 5.74. The Hall–Kier alpha value is -2.77. The van der Waals surface area contributed by atoms with E-state index in [2.05, 4.69) is 19.9 Å². The summed E-state index contributed by atoms with van der Waals surface area (Å²) in [4.78, 5) is 32.6. The first-order valence-corrected chi connectivity index (χ1v) is 8.40. The molecule has 1 aromatic carbocycles. The Morgan fingerprint density at radius 2 is 1.77 bits per heavy atom. The van der Waals surface area contributed by atoms with Crippen LogP contribution in [0.4, 0.5) is 11.4 Å². The zero-order chi connectivity index (χ0) is 19.2. The topological polar surface area (TPSA) is 113 Å². The molecule has 8 nitrogen and oxygen atoms in total. The van der Waals surface area contributed by atoms with Crippen LogP contribution in [0.2, 0.25) is 0 Å². The van der Waals surface area contributed by atoms with Crippen LogP contribution < -0.4 is 0 Å². The van der Waals surface area contributed by atoms with Crippen molar-refractivity contribution in [3.8, 4) is 0 Å². The minimum absolute atomic E-state index is 0.107. The summed E-state index contributed by atoms with van der Waals surface area (Å²) in [5, 5.41) is 21.8. The maximum absolute atomic E-state index is 12.3. The van der Waals surface area contributed by atoms with Crippen LogP contribution in [0.3, 0.4) is 0 Å². The van der Waals surface area contributed by atoms with E-state index in [1.807, 2.05) is 6.92 Å². The largest absolute Gasteiger partial charge is 0.461 e. The number of hydrogen-bond acceptors (Lipinski definition) is 6. The van der Waals surface area contributed by atoms with Crippen molar-refractivity contribution in [3.63, 3.8) is 0 Å². The van der Waals surface area contributed by atoms with Crippen LogP contribution in [-0.2, 0) is 4.74 Å². The predicted molar refractivity (Wildman–Crippen MR) is 92.7 cm³/mol. The lowest BCUT2D eigenvalue weighted by atomic mass is 9.89. The first-order chi connectivity index (χ1) is 12.1. The van der Waals surface area contributed by atoms with E-state index in [9.17, 15) is 25.0 Å². The molecule has 3 rings (SSSR count). The van der Waals surface area contributed by atoms with Crippen LogP contribution in [0.1, 0.15) is 37.6 Å². The molecule has 1 saturated carbocycles. The van der Waals surface area contributed by atoms with E-state index in [4.69, 9.17) is 4.74 Å². The molecule has 2 aliphatic rings. The second-order valence-corrected chi connectivity index (χ2v) is 7.65. The Kier molecular flexibility index (Phi) is 4.29. The minimum Gasteiger partial charge on any atom is -0.461 e. The number of nitrogens with zero attached hydrogens (tertiary/aromatic N) is 2. The number of hydrogen-bond donors (Lipinski definition) is 0. The number of esters is 1. The van der Waals surface area contributed by atoms with Gasteiger partial charge in [0.25, 0.3) is 11.4 Å². The highest BCUT2D eigenvalue weighted by molar-refractivity contribution is 5.91. The average Bonchev–Trinajstić information content (AvgIpc) is 3.11. The summed E-state index contributed by atoms with van der Waals surface area (Å²) in [6, 6.07) is 2.82. The minimum atomic E-state index is -0.790. The van der Waals surface area contributed by atoms with E-state index < -0.39 is 27.2 Å². The van der Waals surface area contributed by atoms with Crippen molar-refractivity contribution in [2.24, 2.45) is 23.2 Å². The quantitative estimate of drug-likeness (QED) is 0.341. The standard InChI is InChI=1S/C18H20N2O6/c1-10-4-15-16(18(15,2)3)7-12(10)9-26-17(21)11-5-13(19(22)23)8-14(6-11)20(24)25/h4-6,8,12,15-16H,7,9H2,1-3H3/t12-,15-,16-/m1/s1. The summed E-state index contributed by atoms with van der Waals surface area (Å²) in [5.74, 6) is 0.472. The molecular formula is C18H20N2O6. The van der Waals surface area contributed by atoms with Gasteiger partial charge >= 0.3 is 5.97 Å². The number of carbonyl (C=O) groups is 1. The van der Waals surface area contributed by atoms with Gasteiger partial charge < -0.3 is 4.74 Å². The Balaban J connectivity index is 1.71. The molecule has 138 valence electrons. The molecule has 3 atom stereocenters. The summed E-state index contributed by atoms with van der Waals surface area (Å²) >= 11 is 0. The van der Waals surface area contributed by atoms with Gasteiger partial charge in [0.05, 0.1) is 28.1 Å². The second-order valence-electron chi connectivity index (χ2n) is 7.65. The van der Waals surface area contributed by atoms with Gasteiger partial charge in [0.1, 0.15) is 0 Å². The van der Waals surface area contributed by atoms with Crippen LogP contribution in [0.25, 0.3) is 0 Å². The first-order valence-electron chi connectivity index (χ1n) is 8.40. The van der Waals surface area contributed by atoms with Crippen LogP contribution in [0, 0.1) is 43.4 Å². The molecule has 0 unspecified atom stereocenters. The highest BCUT2D eigenvalue weighted by Gasteiger charge is 2.58. The van der Waals surface area contributed by atoms with Gasteiger partial charge in [-0.25, -0.2) is 4.79 Å². The van der Waals surface area contributed by atoms with Crippen molar-refractivity contribution in [1.29, 1.82) is 0 Å². The van der Waals surface area contributed by atoms with Crippen LogP contribution in [0.15, 0.2) is 29.8 Å². The van der Waals surface area contributed by atoms with E-state index in [0.717, 1.165) is 24.6 Å². The van der Waals surface area contributed by atoms with Crippen molar-refractivity contribution in [2.45, 2.75) is 27.2 Å². The van der Waals surface area contributed by atoms with E-state index in [1.54, 1.807) is 0 Å². The normalized spacial score (nSPS) is 25.7. The lowest BCUT2D eigenvalue weighted by Gasteiger charge is -2.21. The second kappa shape index (κ2) is 6.19. The molecule has 0 bridgehead atoms.